The minimum Gasteiger partial charge on any atom is -0.444 e. The largest absolute Gasteiger partial charge is 0.444 e. The molecule has 2 fully saturated rings. The molecule has 2 aliphatic heterocycles. The lowest BCUT2D eigenvalue weighted by Gasteiger charge is -2.28. The summed E-state index contributed by atoms with van der Waals surface area (Å²) in [6, 6.07) is -2.55. The maximum absolute atomic E-state index is 13.0. The second-order valence-electron chi connectivity index (χ2n) is 6.65. The Labute approximate surface area is 155 Å². The minimum atomic E-state index is -0.953. The summed E-state index contributed by atoms with van der Waals surface area (Å²) in [6.45, 7) is 1.97. The smallest absolute Gasteiger partial charge is 0.408 e. The number of aromatic amines is 1. The van der Waals surface area contributed by atoms with Gasteiger partial charge in [-0.3, -0.25) is 14.4 Å². The summed E-state index contributed by atoms with van der Waals surface area (Å²) < 4.78 is 4.91. The number of alkyl carbamates (subject to hydrolysis) is 1. The van der Waals surface area contributed by atoms with Crippen molar-refractivity contribution in [3.63, 3.8) is 0 Å². The number of aromatic nitrogens is 2. The number of carbonyl (C=O) groups is 4. The number of imidazole rings is 1. The maximum atomic E-state index is 13.0. The lowest BCUT2D eigenvalue weighted by atomic mass is 10.1. The van der Waals surface area contributed by atoms with Crippen LogP contribution in [0, 0.1) is 0 Å². The molecule has 11 heteroatoms. The highest BCUT2D eigenvalue weighted by molar-refractivity contribution is 5.95. The molecule has 3 rings (SSSR count). The summed E-state index contributed by atoms with van der Waals surface area (Å²) in [7, 11) is 0. The molecule has 1 aromatic rings. The van der Waals surface area contributed by atoms with Crippen LogP contribution in [0.5, 0.6) is 0 Å². The molecule has 0 radical (unpaired) electrons. The number of ether oxygens (including phenoxy) is 1. The molecule has 0 aromatic carbocycles. The van der Waals surface area contributed by atoms with Gasteiger partial charge in [-0.15, -0.1) is 0 Å². The molecule has 146 valence electrons. The van der Waals surface area contributed by atoms with Crippen molar-refractivity contribution in [2.45, 2.75) is 50.4 Å². The van der Waals surface area contributed by atoms with Crippen LogP contribution in [0.4, 0.5) is 4.79 Å². The van der Waals surface area contributed by atoms with Gasteiger partial charge in [-0.05, 0) is 19.8 Å². The predicted octanol–water partition coefficient (Wildman–Crippen LogP) is -1.59. The number of nitrogens with one attached hydrogen (secondary N) is 3. The van der Waals surface area contributed by atoms with E-state index in [0.717, 1.165) is 0 Å². The second kappa shape index (κ2) is 7.64. The van der Waals surface area contributed by atoms with Crippen LogP contribution in [-0.4, -0.2) is 69.5 Å². The number of hydrogen-bond acceptors (Lipinski definition) is 6. The van der Waals surface area contributed by atoms with Crippen LogP contribution in [0.15, 0.2) is 12.5 Å². The number of rotatable bonds is 6. The highest BCUT2D eigenvalue weighted by Gasteiger charge is 2.40. The third-order valence-electron chi connectivity index (χ3n) is 4.77. The van der Waals surface area contributed by atoms with E-state index in [-0.39, 0.29) is 6.42 Å². The highest BCUT2D eigenvalue weighted by atomic mass is 16.6. The van der Waals surface area contributed by atoms with Gasteiger partial charge in [0.25, 0.3) is 0 Å². The van der Waals surface area contributed by atoms with Crippen molar-refractivity contribution in [1.82, 2.24) is 25.5 Å². The number of H-pyrrole nitrogens is 1. The van der Waals surface area contributed by atoms with Gasteiger partial charge in [0.15, 0.2) is 0 Å². The zero-order valence-corrected chi connectivity index (χ0v) is 14.8. The van der Waals surface area contributed by atoms with Gasteiger partial charge < -0.3 is 31.0 Å². The third kappa shape index (κ3) is 4.01. The Morgan fingerprint density at radius 3 is 2.85 bits per heavy atom. The molecule has 11 nitrogen and oxygen atoms in total. The molecule has 2 saturated heterocycles. The summed E-state index contributed by atoms with van der Waals surface area (Å²) in [5.74, 6) is -1.53. The van der Waals surface area contributed by atoms with E-state index in [2.05, 4.69) is 20.6 Å². The summed E-state index contributed by atoms with van der Waals surface area (Å²) in [5.41, 5.74) is 5.97. The Hall–Kier alpha value is -3.11. The molecule has 0 spiro atoms. The van der Waals surface area contributed by atoms with E-state index in [1.165, 1.54) is 11.2 Å². The van der Waals surface area contributed by atoms with E-state index in [4.69, 9.17) is 10.5 Å². The number of nitrogens with zero attached hydrogens (tertiary/aromatic N) is 2. The first kappa shape index (κ1) is 18.7. The minimum absolute atomic E-state index is 0.131. The Morgan fingerprint density at radius 2 is 2.26 bits per heavy atom. The molecule has 0 bridgehead atoms. The van der Waals surface area contributed by atoms with Gasteiger partial charge in [0.05, 0.1) is 12.0 Å². The quantitative estimate of drug-likeness (QED) is 0.467. The van der Waals surface area contributed by atoms with Crippen LogP contribution in [-0.2, 0) is 25.5 Å². The topological polar surface area (TPSA) is 160 Å². The van der Waals surface area contributed by atoms with Crippen molar-refractivity contribution in [3.8, 4) is 0 Å². The number of likely N-dealkylation sites (tertiary alicyclic amines) is 1. The van der Waals surface area contributed by atoms with Crippen molar-refractivity contribution in [3.05, 3.63) is 18.2 Å². The van der Waals surface area contributed by atoms with Crippen LogP contribution in [0.3, 0.4) is 0 Å². The van der Waals surface area contributed by atoms with E-state index in [0.29, 0.717) is 25.1 Å². The first-order chi connectivity index (χ1) is 12.9. The highest BCUT2D eigenvalue weighted by Crippen LogP contribution is 2.19. The molecule has 0 unspecified atom stereocenters. The number of nitrogens with two attached hydrogens (primary N) is 1. The first-order valence-corrected chi connectivity index (χ1v) is 8.71. The molecule has 0 aliphatic carbocycles. The van der Waals surface area contributed by atoms with Crippen LogP contribution in [0.25, 0.3) is 0 Å². The summed E-state index contributed by atoms with van der Waals surface area (Å²) in [6.07, 6.45) is 3.01. The third-order valence-corrected chi connectivity index (χ3v) is 4.77. The second-order valence-corrected chi connectivity index (χ2v) is 6.65. The zero-order chi connectivity index (χ0) is 19.6. The molecule has 1 aromatic heterocycles. The van der Waals surface area contributed by atoms with Gasteiger partial charge in [0, 0.05) is 19.2 Å². The molecule has 4 atom stereocenters. The van der Waals surface area contributed by atoms with E-state index < -0.39 is 48.0 Å². The van der Waals surface area contributed by atoms with E-state index >= 15 is 0 Å². The zero-order valence-electron chi connectivity index (χ0n) is 14.8. The number of amides is 4. The number of hydrogen-bond donors (Lipinski definition) is 4. The van der Waals surface area contributed by atoms with Crippen LogP contribution in [0.2, 0.25) is 0 Å². The Kier molecular flexibility index (Phi) is 5.28. The van der Waals surface area contributed by atoms with Crippen LogP contribution >= 0.6 is 0 Å². The predicted molar refractivity (Wildman–Crippen MR) is 91.0 cm³/mol. The van der Waals surface area contributed by atoms with Crippen molar-refractivity contribution >= 4 is 23.8 Å². The molecule has 0 saturated carbocycles. The fraction of sp³-hybridized carbons (Fsp3) is 0.562. The lowest BCUT2D eigenvalue weighted by Crippen LogP contribution is -2.57. The van der Waals surface area contributed by atoms with Crippen molar-refractivity contribution in [2.24, 2.45) is 5.73 Å². The maximum Gasteiger partial charge on any atom is 0.408 e. The van der Waals surface area contributed by atoms with Gasteiger partial charge in [0.2, 0.25) is 17.7 Å². The van der Waals surface area contributed by atoms with Gasteiger partial charge >= 0.3 is 6.09 Å². The SMILES string of the molecule is C[C@@H]1OC(=O)N[C@@H]1C(=O)N[C@@H](Cc1c[nH]cn1)C(=O)N1CCC[C@H]1C(N)=O. The fourth-order valence-corrected chi connectivity index (χ4v) is 3.39. The van der Waals surface area contributed by atoms with Gasteiger partial charge in [-0.1, -0.05) is 0 Å². The fourth-order valence-electron chi connectivity index (χ4n) is 3.39. The number of cyclic esters (lactones) is 1. The monoisotopic (exact) mass is 378 g/mol. The normalized spacial score (nSPS) is 25.6. The van der Waals surface area contributed by atoms with Crippen molar-refractivity contribution < 1.29 is 23.9 Å². The first-order valence-electron chi connectivity index (χ1n) is 8.71. The van der Waals surface area contributed by atoms with Crippen molar-refractivity contribution in [2.75, 3.05) is 6.54 Å². The van der Waals surface area contributed by atoms with Crippen molar-refractivity contribution in [1.29, 1.82) is 0 Å². The molecule has 2 aliphatic rings. The standard InChI is InChI=1S/C16H22N6O5/c1-8-12(21-16(26)27-8)14(24)20-10(5-9-6-18-7-19-9)15(25)22-4-2-3-11(22)13(17)23/h6-8,10-12H,2-5H2,1H3,(H2,17,23)(H,18,19)(H,20,24)(H,21,26)/t8-,10-,11-,12-/m0/s1. The average Bonchev–Trinajstić information content (AvgIpc) is 3.34. The molecule has 4 amide bonds. The lowest BCUT2D eigenvalue weighted by molar-refractivity contribution is -0.141. The summed E-state index contributed by atoms with van der Waals surface area (Å²) in [5, 5.41) is 5.06. The molecular formula is C16H22N6O5. The van der Waals surface area contributed by atoms with E-state index in [1.54, 1.807) is 13.1 Å². The molecule has 27 heavy (non-hydrogen) atoms. The van der Waals surface area contributed by atoms with Gasteiger partial charge in [0.1, 0.15) is 24.2 Å². The molecule has 5 N–H and O–H groups in total. The van der Waals surface area contributed by atoms with Crippen LogP contribution < -0.4 is 16.4 Å². The van der Waals surface area contributed by atoms with Gasteiger partial charge in [-0.25, -0.2) is 9.78 Å². The Morgan fingerprint density at radius 1 is 1.48 bits per heavy atom. The molecule has 3 heterocycles. The van der Waals surface area contributed by atoms with E-state index in [1.807, 2.05) is 0 Å². The summed E-state index contributed by atoms with van der Waals surface area (Å²) in [4.78, 5) is 56.8. The van der Waals surface area contributed by atoms with E-state index in [9.17, 15) is 19.2 Å². The number of primary amides is 1. The number of carbonyl (C=O) groups excluding carboxylic acids is 4. The van der Waals surface area contributed by atoms with Gasteiger partial charge in [-0.2, -0.15) is 0 Å². The Balaban J connectivity index is 1.76. The average molecular weight is 378 g/mol. The Bertz CT molecular complexity index is 736. The molecular weight excluding hydrogens is 356 g/mol. The van der Waals surface area contributed by atoms with Crippen LogP contribution in [0.1, 0.15) is 25.5 Å². The summed E-state index contributed by atoms with van der Waals surface area (Å²) >= 11 is 0.